The molecule has 1 fully saturated rings. The Balaban J connectivity index is 1.29. The van der Waals surface area contributed by atoms with Crippen molar-refractivity contribution in [1.29, 1.82) is 0 Å². The number of amides is 2. The van der Waals surface area contributed by atoms with E-state index in [1.165, 1.54) is 24.1 Å². The van der Waals surface area contributed by atoms with Crippen LogP contribution >= 0.6 is 0 Å². The van der Waals surface area contributed by atoms with Crippen molar-refractivity contribution in [3.63, 3.8) is 0 Å². The number of ether oxygens (including phenoxy) is 1. The molecule has 0 spiro atoms. The summed E-state index contributed by atoms with van der Waals surface area (Å²) < 4.78 is 5.48. The second-order valence-corrected chi connectivity index (χ2v) is 8.90. The van der Waals surface area contributed by atoms with Crippen LogP contribution in [0.15, 0.2) is 60.7 Å². The molecule has 0 heterocycles. The fourth-order valence-corrected chi connectivity index (χ4v) is 5.10. The number of carbonyl (C=O) groups is 3. The number of carboxylic acids is 1. The quantitative estimate of drug-likeness (QED) is 0.597. The number of carbonyl (C=O) groups excluding carboxylic acids is 2. The largest absolute Gasteiger partial charge is 0.479 e. The number of benzene rings is 2. The third-order valence-corrected chi connectivity index (χ3v) is 7.02. The van der Waals surface area contributed by atoms with Crippen molar-refractivity contribution in [3.8, 4) is 11.1 Å². The topological polar surface area (TPSA) is 95.9 Å². The van der Waals surface area contributed by atoms with Crippen LogP contribution in [0.5, 0.6) is 0 Å². The van der Waals surface area contributed by atoms with E-state index in [4.69, 9.17) is 4.74 Å². The minimum Gasteiger partial charge on any atom is -0.479 e. The minimum atomic E-state index is -1.15. The molecule has 2 aromatic rings. The molecule has 0 unspecified atom stereocenters. The zero-order valence-electron chi connectivity index (χ0n) is 19.3. The molecule has 2 aromatic carbocycles. The van der Waals surface area contributed by atoms with Gasteiger partial charge in [-0.25, -0.2) is 9.59 Å². The zero-order valence-corrected chi connectivity index (χ0v) is 19.3. The maximum absolute atomic E-state index is 12.6. The highest BCUT2D eigenvalue weighted by atomic mass is 16.5. The number of fused-ring (bicyclic) bond motifs is 3. The van der Waals surface area contributed by atoms with Crippen LogP contribution in [0.3, 0.4) is 0 Å². The summed E-state index contributed by atoms with van der Waals surface area (Å²) in [7, 11) is 1.53. The highest BCUT2D eigenvalue weighted by Gasteiger charge is 2.44. The van der Waals surface area contributed by atoms with Gasteiger partial charge in [0.05, 0.1) is 0 Å². The lowest BCUT2D eigenvalue weighted by molar-refractivity contribution is -0.158. The predicted octanol–water partition coefficient (Wildman–Crippen LogP) is 4.33. The third kappa shape index (κ3) is 4.55. The SMILES string of the molecule is CN(C(=O)/C=C/CNC(=O)OCC1c2ccccc2-c2ccccc21)C1(C(=O)O)CCCCC1. The van der Waals surface area contributed by atoms with E-state index < -0.39 is 23.5 Å². The predicted molar refractivity (Wildman–Crippen MR) is 128 cm³/mol. The van der Waals surface area contributed by atoms with Crippen molar-refractivity contribution < 1.29 is 24.2 Å². The lowest BCUT2D eigenvalue weighted by Gasteiger charge is -2.40. The van der Waals surface area contributed by atoms with E-state index in [-0.39, 0.29) is 19.1 Å². The molecule has 2 N–H and O–H groups in total. The van der Waals surface area contributed by atoms with Gasteiger partial charge in [-0.3, -0.25) is 4.79 Å². The Morgan fingerprint density at radius 3 is 2.21 bits per heavy atom. The number of likely N-dealkylation sites (N-methyl/N-ethyl adjacent to an activating group) is 1. The fraction of sp³-hybridized carbons (Fsp3) is 0.370. The van der Waals surface area contributed by atoms with Gasteiger partial charge in [-0.05, 0) is 35.1 Å². The zero-order chi connectivity index (χ0) is 24.1. The summed E-state index contributed by atoms with van der Waals surface area (Å²) in [6.07, 6.45) is 5.72. The molecule has 2 aliphatic carbocycles. The van der Waals surface area contributed by atoms with Gasteiger partial charge in [-0.2, -0.15) is 0 Å². The average Bonchev–Trinajstić information content (AvgIpc) is 3.18. The van der Waals surface area contributed by atoms with Crippen LogP contribution in [-0.4, -0.2) is 53.7 Å². The highest BCUT2D eigenvalue weighted by molar-refractivity contribution is 5.93. The molecular formula is C27H30N2O5. The van der Waals surface area contributed by atoms with Crippen molar-refractivity contribution in [1.82, 2.24) is 10.2 Å². The van der Waals surface area contributed by atoms with Gasteiger partial charge in [0, 0.05) is 25.6 Å². The molecule has 7 nitrogen and oxygen atoms in total. The van der Waals surface area contributed by atoms with E-state index in [2.05, 4.69) is 29.6 Å². The maximum atomic E-state index is 12.6. The lowest BCUT2D eigenvalue weighted by Crippen LogP contribution is -2.56. The van der Waals surface area contributed by atoms with Gasteiger partial charge < -0.3 is 20.1 Å². The summed E-state index contributed by atoms with van der Waals surface area (Å²) in [5, 5.41) is 12.4. The van der Waals surface area contributed by atoms with Gasteiger partial charge >= 0.3 is 12.1 Å². The molecule has 1 saturated carbocycles. The van der Waals surface area contributed by atoms with E-state index in [1.807, 2.05) is 24.3 Å². The van der Waals surface area contributed by atoms with Crippen molar-refractivity contribution in [2.24, 2.45) is 0 Å². The van der Waals surface area contributed by atoms with Crippen molar-refractivity contribution in [2.75, 3.05) is 20.2 Å². The van der Waals surface area contributed by atoms with Gasteiger partial charge in [-0.15, -0.1) is 0 Å². The molecule has 0 aliphatic heterocycles. The van der Waals surface area contributed by atoms with Crippen LogP contribution in [-0.2, 0) is 14.3 Å². The van der Waals surface area contributed by atoms with Gasteiger partial charge in [0.25, 0.3) is 0 Å². The molecule has 7 heteroatoms. The molecule has 0 aromatic heterocycles. The Hall–Kier alpha value is -3.61. The molecule has 4 rings (SSSR count). The summed E-state index contributed by atoms with van der Waals surface area (Å²) >= 11 is 0. The van der Waals surface area contributed by atoms with Gasteiger partial charge in [-0.1, -0.05) is 73.9 Å². The molecule has 2 amide bonds. The van der Waals surface area contributed by atoms with Crippen LogP contribution in [0.4, 0.5) is 4.79 Å². The number of hydrogen-bond acceptors (Lipinski definition) is 4. The van der Waals surface area contributed by atoms with Crippen LogP contribution in [0, 0.1) is 0 Å². The molecule has 0 atom stereocenters. The Labute approximate surface area is 199 Å². The van der Waals surface area contributed by atoms with Gasteiger partial charge in [0.2, 0.25) is 5.91 Å². The second kappa shape index (κ2) is 10.1. The summed E-state index contributed by atoms with van der Waals surface area (Å²) in [6.45, 7) is 0.322. The highest BCUT2D eigenvalue weighted by Crippen LogP contribution is 2.44. The number of nitrogens with one attached hydrogen (secondary N) is 1. The van der Waals surface area contributed by atoms with Crippen LogP contribution < -0.4 is 5.32 Å². The molecule has 0 bridgehead atoms. The summed E-state index contributed by atoms with van der Waals surface area (Å²) in [4.78, 5) is 38.0. The number of aliphatic carboxylic acids is 1. The third-order valence-electron chi connectivity index (χ3n) is 7.02. The van der Waals surface area contributed by atoms with Gasteiger partial charge in [0.15, 0.2) is 0 Å². The molecular weight excluding hydrogens is 432 g/mol. The second-order valence-electron chi connectivity index (χ2n) is 8.90. The number of hydrogen-bond donors (Lipinski definition) is 2. The van der Waals surface area contributed by atoms with E-state index in [9.17, 15) is 19.5 Å². The molecule has 34 heavy (non-hydrogen) atoms. The molecule has 0 saturated heterocycles. The Bertz CT molecular complexity index is 1060. The number of rotatable bonds is 7. The molecule has 178 valence electrons. The first-order valence-electron chi connectivity index (χ1n) is 11.7. The lowest BCUT2D eigenvalue weighted by atomic mass is 9.80. The van der Waals surface area contributed by atoms with E-state index in [0.717, 1.165) is 41.5 Å². The number of alkyl carbamates (subject to hydrolysis) is 1. The summed E-state index contributed by atoms with van der Waals surface area (Å²) in [5.74, 6) is -1.38. The van der Waals surface area contributed by atoms with E-state index in [1.54, 1.807) is 0 Å². The molecule has 0 radical (unpaired) electrons. The number of carboxylic acid groups (broad SMARTS) is 1. The van der Waals surface area contributed by atoms with Crippen molar-refractivity contribution in [2.45, 2.75) is 43.6 Å². The Morgan fingerprint density at radius 1 is 1.03 bits per heavy atom. The first-order chi connectivity index (χ1) is 16.4. The smallest absolute Gasteiger partial charge is 0.407 e. The summed E-state index contributed by atoms with van der Waals surface area (Å²) in [6, 6.07) is 16.2. The van der Waals surface area contributed by atoms with E-state index in [0.29, 0.717) is 12.8 Å². The monoisotopic (exact) mass is 462 g/mol. The van der Waals surface area contributed by atoms with Gasteiger partial charge in [0.1, 0.15) is 12.1 Å². The van der Waals surface area contributed by atoms with E-state index >= 15 is 0 Å². The standard InChI is InChI=1S/C27H30N2O5/c1-29(27(25(31)32)15-7-2-8-16-27)24(30)14-9-17-28-26(33)34-18-23-21-12-5-3-10-19(21)20-11-4-6-13-22(20)23/h3-6,9-14,23H,2,7-8,15-18H2,1H3,(H,28,33)(H,31,32)/b14-9+. The minimum absolute atomic E-state index is 0.0216. The maximum Gasteiger partial charge on any atom is 0.407 e. The summed E-state index contributed by atoms with van der Waals surface area (Å²) in [5.41, 5.74) is 3.45. The average molecular weight is 463 g/mol. The number of nitrogens with zero attached hydrogens (tertiary/aromatic N) is 1. The van der Waals surface area contributed by atoms with Crippen LogP contribution in [0.1, 0.15) is 49.1 Å². The van der Waals surface area contributed by atoms with Crippen molar-refractivity contribution >= 4 is 18.0 Å². The van der Waals surface area contributed by atoms with Crippen LogP contribution in [0.2, 0.25) is 0 Å². The first kappa shape index (κ1) is 23.5. The first-order valence-corrected chi connectivity index (χ1v) is 11.7. The van der Waals surface area contributed by atoms with Crippen molar-refractivity contribution in [3.05, 3.63) is 71.8 Å². The Kier molecular flexibility index (Phi) is 7.01. The normalized spacial score (nSPS) is 16.5. The molecule has 2 aliphatic rings. The van der Waals surface area contributed by atoms with Crippen LogP contribution in [0.25, 0.3) is 11.1 Å². The Morgan fingerprint density at radius 2 is 1.62 bits per heavy atom. The fourth-order valence-electron chi connectivity index (χ4n) is 5.10.